The zero-order valence-electron chi connectivity index (χ0n) is 11.6. The van der Waals surface area contributed by atoms with E-state index in [-0.39, 0.29) is 12.0 Å². The van der Waals surface area contributed by atoms with E-state index in [1.165, 1.54) is 0 Å². The summed E-state index contributed by atoms with van der Waals surface area (Å²) in [4.78, 5) is 17.9. The number of morpholine rings is 1. The van der Waals surface area contributed by atoms with Crippen molar-refractivity contribution in [1.82, 2.24) is 4.98 Å². The average molecular weight is 264 g/mol. The van der Waals surface area contributed by atoms with Crippen LogP contribution < -0.4 is 4.90 Å². The van der Waals surface area contributed by atoms with Crippen molar-refractivity contribution < 1.29 is 14.6 Å². The van der Waals surface area contributed by atoms with Gasteiger partial charge in [0.05, 0.1) is 24.8 Å². The minimum Gasteiger partial charge on any atom is -0.478 e. The number of aromatic nitrogens is 1. The molecule has 2 heterocycles. The van der Waals surface area contributed by atoms with Gasteiger partial charge in [-0.15, -0.1) is 0 Å². The van der Waals surface area contributed by atoms with Gasteiger partial charge in [-0.1, -0.05) is 13.8 Å². The van der Waals surface area contributed by atoms with E-state index in [1.807, 2.05) is 13.8 Å². The Labute approximate surface area is 113 Å². The fourth-order valence-corrected chi connectivity index (χ4v) is 2.17. The Morgan fingerprint density at radius 3 is 2.84 bits per heavy atom. The molecule has 1 aromatic rings. The number of aromatic carboxylic acids is 1. The number of rotatable bonds is 3. The topological polar surface area (TPSA) is 62.7 Å². The van der Waals surface area contributed by atoms with Crippen molar-refractivity contribution >= 4 is 11.8 Å². The van der Waals surface area contributed by atoms with Crippen molar-refractivity contribution in [2.75, 3.05) is 24.7 Å². The number of carboxylic acid groups (broad SMARTS) is 1. The van der Waals surface area contributed by atoms with E-state index in [1.54, 1.807) is 12.1 Å². The predicted octanol–water partition coefficient (Wildman–Crippen LogP) is 2.13. The van der Waals surface area contributed by atoms with Gasteiger partial charge < -0.3 is 14.7 Å². The van der Waals surface area contributed by atoms with Crippen LogP contribution in [0.2, 0.25) is 0 Å². The van der Waals surface area contributed by atoms with Gasteiger partial charge in [0, 0.05) is 12.2 Å². The van der Waals surface area contributed by atoms with Crippen molar-refractivity contribution in [3.05, 3.63) is 23.4 Å². The average Bonchev–Trinajstić information content (AvgIpc) is 2.38. The molecule has 1 atom stereocenters. The van der Waals surface area contributed by atoms with Crippen molar-refractivity contribution in [3.8, 4) is 0 Å². The minimum absolute atomic E-state index is 0.203. The predicted molar refractivity (Wildman–Crippen MR) is 72.9 cm³/mol. The Balaban J connectivity index is 2.40. The Morgan fingerprint density at radius 2 is 2.26 bits per heavy atom. The van der Waals surface area contributed by atoms with Crippen LogP contribution in [0.25, 0.3) is 0 Å². The van der Waals surface area contributed by atoms with Gasteiger partial charge in [-0.25, -0.2) is 9.78 Å². The van der Waals surface area contributed by atoms with Crippen molar-refractivity contribution in [2.24, 2.45) is 0 Å². The summed E-state index contributed by atoms with van der Waals surface area (Å²) in [5.41, 5.74) is 1.11. The lowest BCUT2D eigenvalue weighted by molar-refractivity contribution is 0.0696. The van der Waals surface area contributed by atoms with E-state index in [0.717, 1.165) is 18.1 Å². The number of pyridine rings is 1. The van der Waals surface area contributed by atoms with Crippen molar-refractivity contribution in [2.45, 2.75) is 32.7 Å². The maximum atomic E-state index is 11.2. The highest BCUT2D eigenvalue weighted by Crippen LogP contribution is 2.23. The maximum Gasteiger partial charge on any atom is 0.335 e. The lowest BCUT2D eigenvalue weighted by atomic mass is 10.1. The maximum absolute atomic E-state index is 11.2. The Morgan fingerprint density at radius 1 is 1.53 bits per heavy atom. The first-order valence-corrected chi connectivity index (χ1v) is 6.58. The normalized spacial score (nSPS) is 19.8. The third-order valence-electron chi connectivity index (χ3n) is 3.33. The van der Waals surface area contributed by atoms with E-state index in [0.29, 0.717) is 18.8 Å². The highest BCUT2D eigenvalue weighted by atomic mass is 16.5. The highest BCUT2D eigenvalue weighted by Gasteiger charge is 2.22. The van der Waals surface area contributed by atoms with Crippen LogP contribution >= 0.6 is 0 Å². The van der Waals surface area contributed by atoms with Crippen LogP contribution in [-0.4, -0.2) is 41.9 Å². The number of anilines is 1. The van der Waals surface area contributed by atoms with E-state index < -0.39 is 5.97 Å². The molecule has 5 nitrogen and oxygen atoms in total. The summed E-state index contributed by atoms with van der Waals surface area (Å²) in [6.07, 6.45) is 0. The van der Waals surface area contributed by atoms with Crippen LogP contribution in [0.3, 0.4) is 0 Å². The summed E-state index contributed by atoms with van der Waals surface area (Å²) in [5.74, 6) is 0.0280. The zero-order valence-corrected chi connectivity index (χ0v) is 11.6. The second-order valence-electron chi connectivity index (χ2n) is 5.22. The quantitative estimate of drug-likeness (QED) is 0.906. The smallest absolute Gasteiger partial charge is 0.335 e. The molecular weight excluding hydrogens is 244 g/mol. The molecule has 0 spiro atoms. The highest BCUT2D eigenvalue weighted by molar-refractivity contribution is 5.88. The molecule has 19 heavy (non-hydrogen) atoms. The molecule has 0 bridgehead atoms. The number of ether oxygens (including phenoxy) is 1. The number of hydrogen-bond acceptors (Lipinski definition) is 4. The van der Waals surface area contributed by atoms with Gasteiger partial charge in [0.25, 0.3) is 0 Å². The number of nitrogens with zero attached hydrogens (tertiary/aromatic N) is 2. The monoisotopic (exact) mass is 264 g/mol. The second-order valence-corrected chi connectivity index (χ2v) is 5.22. The summed E-state index contributed by atoms with van der Waals surface area (Å²) in [5, 5.41) is 9.21. The van der Waals surface area contributed by atoms with Crippen molar-refractivity contribution in [1.29, 1.82) is 0 Å². The zero-order chi connectivity index (χ0) is 14.0. The molecule has 104 valence electrons. The van der Waals surface area contributed by atoms with Gasteiger partial charge in [0.2, 0.25) is 0 Å². The molecule has 5 heteroatoms. The summed E-state index contributed by atoms with van der Waals surface area (Å²) in [6.45, 7) is 8.13. The minimum atomic E-state index is -0.911. The van der Waals surface area contributed by atoms with Gasteiger partial charge in [-0.3, -0.25) is 0 Å². The van der Waals surface area contributed by atoms with Gasteiger partial charge in [-0.05, 0) is 25.0 Å². The van der Waals surface area contributed by atoms with E-state index in [4.69, 9.17) is 4.74 Å². The summed E-state index contributed by atoms with van der Waals surface area (Å²) in [6, 6.07) is 3.52. The van der Waals surface area contributed by atoms with Crippen molar-refractivity contribution in [3.63, 3.8) is 0 Å². The molecule has 0 amide bonds. The molecule has 1 aromatic heterocycles. The fourth-order valence-electron chi connectivity index (χ4n) is 2.17. The molecule has 1 aliphatic rings. The molecule has 0 radical (unpaired) electrons. The van der Waals surface area contributed by atoms with Crippen LogP contribution in [0.1, 0.15) is 42.7 Å². The summed E-state index contributed by atoms with van der Waals surface area (Å²) >= 11 is 0. The molecule has 0 saturated carbocycles. The van der Waals surface area contributed by atoms with Crippen LogP contribution in [-0.2, 0) is 4.74 Å². The Bertz CT molecular complexity index is 474. The molecule has 1 fully saturated rings. The SMILES string of the molecule is CC(C)c1cc(C(=O)O)cc(N2CCOCC2C)n1. The summed E-state index contributed by atoms with van der Waals surface area (Å²) in [7, 11) is 0. The first-order chi connectivity index (χ1) is 8.99. The third-order valence-corrected chi connectivity index (χ3v) is 3.33. The lowest BCUT2D eigenvalue weighted by Gasteiger charge is -2.34. The largest absolute Gasteiger partial charge is 0.478 e. The molecule has 2 rings (SSSR count). The standard InChI is InChI=1S/C14H20N2O3/c1-9(2)12-6-11(14(17)18)7-13(15-12)16-4-5-19-8-10(16)3/h6-7,9-10H,4-5,8H2,1-3H3,(H,17,18). The van der Waals surface area contributed by atoms with Gasteiger partial charge in [0.1, 0.15) is 5.82 Å². The first kappa shape index (κ1) is 13.8. The Kier molecular flexibility index (Phi) is 4.04. The van der Waals surface area contributed by atoms with E-state index >= 15 is 0 Å². The van der Waals surface area contributed by atoms with Gasteiger partial charge in [0.15, 0.2) is 0 Å². The molecule has 1 aliphatic heterocycles. The number of carboxylic acids is 1. The molecule has 1 unspecified atom stereocenters. The van der Waals surface area contributed by atoms with Gasteiger partial charge in [-0.2, -0.15) is 0 Å². The molecule has 1 N–H and O–H groups in total. The molecule has 0 aliphatic carbocycles. The van der Waals surface area contributed by atoms with Crippen LogP contribution in [0.15, 0.2) is 12.1 Å². The Hall–Kier alpha value is -1.62. The number of hydrogen-bond donors (Lipinski definition) is 1. The molecular formula is C14H20N2O3. The first-order valence-electron chi connectivity index (χ1n) is 6.58. The molecule has 1 saturated heterocycles. The van der Waals surface area contributed by atoms with E-state index in [9.17, 15) is 9.90 Å². The van der Waals surface area contributed by atoms with Gasteiger partial charge >= 0.3 is 5.97 Å². The van der Waals surface area contributed by atoms with E-state index in [2.05, 4.69) is 16.8 Å². The molecule has 0 aromatic carbocycles. The summed E-state index contributed by atoms with van der Waals surface area (Å²) < 4.78 is 5.40. The lowest BCUT2D eigenvalue weighted by Crippen LogP contribution is -2.44. The third kappa shape index (κ3) is 3.04. The fraction of sp³-hybridized carbons (Fsp3) is 0.571. The van der Waals surface area contributed by atoms with Crippen LogP contribution in [0.4, 0.5) is 5.82 Å². The number of carbonyl (C=O) groups is 1. The van der Waals surface area contributed by atoms with Crippen LogP contribution in [0.5, 0.6) is 0 Å². The second kappa shape index (κ2) is 5.57. The van der Waals surface area contributed by atoms with Crippen LogP contribution in [0, 0.1) is 0 Å².